The molecule has 0 unspecified atom stereocenters. The molecule has 0 bridgehead atoms. The fraction of sp³-hybridized carbons (Fsp3) is 0.455. The molecule has 0 radical (unpaired) electrons. The van der Waals surface area contributed by atoms with Crippen LogP contribution in [0.25, 0.3) is 0 Å². The van der Waals surface area contributed by atoms with Gasteiger partial charge in [-0.25, -0.2) is 0 Å². The number of hydrogen-bond donors (Lipinski definition) is 0. The summed E-state index contributed by atoms with van der Waals surface area (Å²) in [6.07, 6.45) is 0. The molecule has 0 spiro atoms. The van der Waals surface area contributed by atoms with Crippen molar-refractivity contribution in [1.29, 1.82) is 0 Å². The first-order valence-electron chi connectivity index (χ1n) is 4.64. The van der Waals surface area contributed by atoms with Crippen LogP contribution in [0.15, 0.2) is 6.07 Å². The molecule has 1 aromatic rings. The summed E-state index contributed by atoms with van der Waals surface area (Å²) in [6, 6.07) is 2.32. The molecule has 0 N–H and O–H groups in total. The van der Waals surface area contributed by atoms with Gasteiger partial charge in [-0.05, 0) is 0 Å². The molecule has 0 saturated carbocycles. The van der Waals surface area contributed by atoms with Gasteiger partial charge in [0.1, 0.15) is 0 Å². The Bertz CT molecular complexity index is 300. The predicted octanol–water partition coefficient (Wildman–Crippen LogP) is 2.59. The van der Waals surface area contributed by atoms with Crippen molar-refractivity contribution in [2.24, 2.45) is 0 Å². The molecule has 0 aliphatic heterocycles. The van der Waals surface area contributed by atoms with Gasteiger partial charge in [0, 0.05) is 0 Å². The van der Waals surface area contributed by atoms with Crippen molar-refractivity contribution >= 4 is 17.7 Å². The summed E-state index contributed by atoms with van der Waals surface area (Å²) in [6.45, 7) is 8.84. The van der Waals surface area contributed by atoms with E-state index >= 15 is 0 Å². The normalized spacial score (nSPS) is 10.5. The van der Waals surface area contributed by atoms with Crippen molar-refractivity contribution in [1.82, 2.24) is 0 Å². The van der Waals surface area contributed by atoms with E-state index in [-0.39, 0.29) is 0 Å². The monoisotopic (exact) mass is 154 g/mol. The van der Waals surface area contributed by atoms with E-state index in [1.807, 2.05) is 0 Å². The summed E-state index contributed by atoms with van der Waals surface area (Å²) in [5, 5.41) is 1.15. The molecular weight excluding hydrogens is 139 g/mol. The molecule has 0 aliphatic rings. The molecule has 1 aromatic carbocycles. The SMILES string of the molecule is [Li][CH2]c1cc(C)c(C)c(C)c1C. The third-order valence-corrected chi connectivity index (χ3v) is 2.97. The molecule has 0 heterocycles. The summed E-state index contributed by atoms with van der Waals surface area (Å²) < 4.78 is 0. The Morgan fingerprint density at radius 3 is 2.08 bits per heavy atom. The minimum atomic E-state index is 1.15. The van der Waals surface area contributed by atoms with Gasteiger partial charge in [0.2, 0.25) is 0 Å². The fourth-order valence-electron chi connectivity index (χ4n) is 1.66. The molecular formula is C11H15Li. The van der Waals surface area contributed by atoms with Crippen LogP contribution in [0.3, 0.4) is 0 Å². The molecule has 0 atom stereocenters. The topological polar surface area (TPSA) is 0 Å². The van der Waals surface area contributed by atoms with Gasteiger partial charge in [0.05, 0.1) is 0 Å². The molecule has 0 saturated heterocycles. The van der Waals surface area contributed by atoms with Crippen LogP contribution >= 0.6 is 0 Å². The third kappa shape index (κ3) is 1.60. The Balaban J connectivity index is 3.39. The van der Waals surface area contributed by atoms with E-state index in [0.717, 1.165) is 5.09 Å². The first kappa shape index (κ1) is 9.90. The van der Waals surface area contributed by atoms with E-state index in [9.17, 15) is 0 Å². The predicted molar refractivity (Wildman–Crippen MR) is 54.8 cm³/mol. The molecule has 1 rings (SSSR count). The summed E-state index contributed by atoms with van der Waals surface area (Å²) in [5.41, 5.74) is 7.31. The fourth-order valence-corrected chi connectivity index (χ4v) is 1.66. The Morgan fingerprint density at radius 2 is 1.58 bits per heavy atom. The maximum atomic E-state index is 2.32. The van der Waals surface area contributed by atoms with Crippen LogP contribution in [0.2, 0.25) is 0 Å². The van der Waals surface area contributed by atoms with Crippen molar-refractivity contribution in [3.63, 3.8) is 0 Å². The van der Waals surface area contributed by atoms with Crippen molar-refractivity contribution in [2.45, 2.75) is 32.8 Å². The standard InChI is InChI=1S/C11H15.Li/c1-7-6-8(2)10(4)11(5)9(7)3;/h6H,1H2,2-5H3;. The molecule has 0 aromatic heterocycles. The maximum absolute atomic E-state index is 2.32. The quantitative estimate of drug-likeness (QED) is 0.545. The first-order valence-corrected chi connectivity index (χ1v) is 4.64. The van der Waals surface area contributed by atoms with E-state index in [1.54, 1.807) is 0 Å². The molecule has 12 heavy (non-hydrogen) atoms. The number of benzene rings is 1. The number of hydrogen-bond acceptors (Lipinski definition) is 0. The van der Waals surface area contributed by atoms with Gasteiger partial charge < -0.3 is 0 Å². The number of rotatable bonds is 1. The molecule has 0 fully saturated rings. The Kier molecular flexibility index (Phi) is 3.04. The zero-order valence-electron chi connectivity index (χ0n) is 8.78. The zero-order chi connectivity index (χ0) is 9.30. The van der Waals surface area contributed by atoms with Crippen molar-refractivity contribution < 1.29 is 0 Å². The average molecular weight is 154 g/mol. The van der Waals surface area contributed by atoms with Crippen LogP contribution in [0.5, 0.6) is 0 Å². The van der Waals surface area contributed by atoms with Crippen LogP contribution < -0.4 is 0 Å². The van der Waals surface area contributed by atoms with Gasteiger partial charge >= 0.3 is 84.4 Å². The van der Waals surface area contributed by atoms with Crippen LogP contribution in [0, 0.1) is 27.7 Å². The van der Waals surface area contributed by atoms with Gasteiger partial charge in [-0.1, -0.05) is 0 Å². The van der Waals surface area contributed by atoms with E-state index < -0.39 is 0 Å². The van der Waals surface area contributed by atoms with Crippen molar-refractivity contribution in [2.75, 3.05) is 0 Å². The van der Waals surface area contributed by atoms with Gasteiger partial charge in [-0.2, -0.15) is 0 Å². The molecule has 60 valence electrons. The second-order valence-corrected chi connectivity index (χ2v) is 3.58. The van der Waals surface area contributed by atoms with Crippen LogP contribution in [0.4, 0.5) is 0 Å². The van der Waals surface area contributed by atoms with Crippen LogP contribution in [-0.4, -0.2) is 17.7 Å². The van der Waals surface area contributed by atoms with E-state index in [0.29, 0.717) is 0 Å². The zero-order valence-corrected chi connectivity index (χ0v) is 8.78. The summed E-state index contributed by atoms with van der Waals surface area (Å²) in [5.74, 6) is 0. The second-order valence-electron chi connectivity index (χ2n) is 3.58. The Hall–Kier alpha value is -0.183. The first-order chi connectivity index (χ1) is 5.57. The van der Waals surface area contributed by atoms with Crippen molar-refractivity contribution in [3.05, 3.63) is 33.9 Å². The molecule has 0 nitrogen and oxygen atoms in total. The van der Waals surface area contributed by atoms with E-state index in [4.69, 9.17) is 0 Å². The number of aryl methyl sites for hydroxylation is 1. The summed E-state index contributed by atoms with van der Waals surface area (Å²) in [7, 11) is 0. The third-order valence-electron chi connectivity index (χ3n) is 2.97. The van der Waals surface area contributed by atoms with Crippen molar-refractivity contribution in [3.8, 4) is 0 Å². The Morgan fingerprint density at radius 1 is 1.00 bits per heavy atom. The average Bonchev–Trinajstić information content (AvgIpc) is 2.08. The van der Waals surface area contributed by atoms with E-state index in [1.165, 1.54) is 27.8 Å². The van der Waals surface area contributed by atoms with Crippen LogP contribution in [0.1, 0.15) is 27.8 Å². The molecule has 1 heteroatoms. The Labute approximate surface area is 84.6 Å². The minimum absolute atomic E-state index is 1.15. The summed E-state index contributed by atoms with van der Waals surface area (Å²) in [4.78, 5) is 0. The molecule has 0 aliphatic carbocycles. The molecule has 0 amide bonds. The second kappa shape index (κ2) is 3.69. The van der Waals surface area contributed by atoms with Gasteiger partial charge in [-0.3, -0.25) is 0 Å². The van der Waals surface area contributed by atoms with Crippen LogP contribution in [-0.2, 0) is 5.09 Å². The van der Waals surface area contributed by atoms with E-state index in [2.05, 4.69) is 51.5 Å². The van der Waals surface area contributed by atoms with Gasteiger partial charge in [0.25, 0.3) is 0 Å². The van der Waals surface area contributed by atoms with Gasteiger partial charge in [-0.15, -0.1) is 0 Å². The van der Waals surface area contributed by atoms with Gasteiger partial charge in [0.15, 0.2) is 0 Å². The summed E-state index contributed by atoms with van der Waals surface area (Å²) >= 11 is 2.22.